The van der Waals surface area contributed by atoms with Gasteiger partial charge in [0.05, 0.1) is 0 Å². The predicted octanol–water partition coefficient (Wildman–Crippen LogP) is 5.66. The first kappa shape index (κ1) is 16.5. The summed E-state index contributed by atoms with van der Waals surface area (Å²) in [6.07, 6.45) is 20.8. The second-order valence-corrected chi connectivity index (χ2v) is 5.06. The lowest BCUT2D eigenvalue weighted by Crippen LogP contribution is -1.82. The van der Waals surface area contributed by atoms with Gasteiger partial charge < -0.3 is 0 Å². The second-order valence-electron chi connectivity index (χ2n) is 5.06. The van der Waals surface area contributed by atoms with Gasteiger partial charge in [-0.1, -0.05) is 83.6 Å². The standard InChI is InChI=1S/C16H31N/c1-2-3-4-5-6-7-8-9-10-11-12-13-14-15-16-17/h15-16H,2-14H2,1H3/b16-15+. The van der Waals surface area contributed by atoms with E-state index in [-0.39, 0.29) is 0 Å². The summed E-state index contributed by atoms with van der Waals surface area (Å²) in [6.45, 7) is 2.27. The Bertz CT molecular complexity index is 152. The Labute approximate surface area is 109 Å². The molecule has 0 amide bonds. The summed E-state index contributed by atoms with van der Waals surface area (Å²) in [7, 11) is 0. The minimum absolute atomic E-state index is 1.04. The zero-order chi connectivity index (χ0) is 12.6. The molecule has 0 rings (SSSR count). The molecule has 0 aliphatic rings. The molecule has 0 bridgehead atoms. The van der Waals surface area contributed by atoms with Crippen LogP contribution in [-0.4, -0.2) is 0 Å². The molecule has 100 valence electrons. The molecule has 0 heterocycles. The van der Waals surface area contributed by atoms with Crippen molar-refractivity contribution in [2.24, 2.45) is 0 Å². The number of unbranched alkanes of at least 4 members (excludes halogenated alkanes) is 12. The molecule has 0 N–H and O–H groups in total. The molecular weight excluding hydrogens is 206 g/mol. The van der Waals surface area contributed by atoms with E-state index in [2.05, 4.69) is 6.92 Å². The molecule has 0 aliphatic heterocycles. The average molecular weight is 237 g/mol. The van der Waals surface area contributed by atoms with Crippen molar-refractivity contribution in [2.75, 3.05) is 0 Å². The van der Waals surface area contributed by atoms with E-state index in [1.807, 2.05) is 6.08 Å². The van der Waals surface area contributed by atoms with E-state index < -0.39 is 0 Å². The summed E-state index contributed by atoms with van der Waals surface area (Å²) in [5.74, 6) is 0. The molecule has 0 aromatic heterocycles. The van der Waals surface area contributed by atoms with E-state index in [0.717, 1.165) is 6.42 Å². The van der Waals surface area contributed by atoms with Crippen molar-refractivity contribution < 1.29 is 0 Å². The smallest absolute Gasteiger partial charge is 0.0455 e. The highest BCUT2D eigenvalue weighted by Crippen LogP contribution is 2.12. The van der Waals surface area contributed by atoms with Gasteiger partial charge in [0.15, 0.2) is 0 Å². The van der Waals surface area contributed by atoms with Crippen LogP contribution in [0.25, 0.3) is 0 Å². The van der Waals surface area contributed by atoms with Gasteiger partial charge in [-0.25, -0.2) is 0 Å². The first-order valence-electron chi connectivity index (χ1n) is 7.71. The van der Waals surface area contributed by atoms with Crippen LogP contribution < -0.4 is 5.73 Å². The van der Waals surface area contributed by atoms with E-state index in [1.54, 1.807) is 0 Å². The number of hydrogen-bond donors (Lipinski definition) is 0. The SMILES string of the molecule is CCCCCCCCCCCCCC/C=C/[N]. The summed E-state index contributed by atoms with van der Waals surface area (Å²) in [5.41, 5.74) is 8.46. The Morgan fingerprint density at radius 3 is 1.47 bits per heavy atom. The highest BCUT2D eigenvalue weighted by Gasteiger charge is 1.92. The fraction of sp³-hybridized carbons (Fsp3) is 0.875. The van der Waals surface area contributed by atoms with Crippen LogP contribution in [0.1, 0.15) is 90.4 Å². The molecule has 0 unspecified atom stereocenters. The minimum atomic E-state index is 1.04. The third-order valence-corrected chi connectivity index (χ3v) is 3.33. The van der Waals surface area contributed by atoms with Crippen LogP contribution in [-0.2, 0) is 0 Å². The molecule has 2 radical (unpaired) electrons. The highest BCUT2D eigenvalue weighted by molar-refractivity contribution is 4.74. The van der Waals surface area contributed by atoms with Crippen molar-refractivity contribution in [3.63, 3.8) is 0 Å². The van der Waals surface area contributed by atoms with Gasteiger partial charge in [-0.2, -0.15) is 5.73 Å². The Hall–Kier alpha value is -0.460. The first-order chi connectivity index (χ1) is 8.41. The number of hydrogen-bond acceptors (Lipinski definition) is 0. The van der Waals surface area contributed by atoms with Gasteiger partial charge in [0.25, 0.3) is 0 Å². The maximum Gasteiger partial charge on any atom is 0.0455 e. The molecule has 0 fully saturated rings. The third kappa shape index (κ3) is 15.5. The molecule has 0 aliphatic carbocycles. The Morgan fingerprint density at radius 1 is 0.647 bits per heavy atom. The quantitative estimate of drug-likeness (QED) is 0.369. The van der Waals surface area contributed by atoms with E-state index in [9.17, 15) is 0 Å². The third-order valence-electron chi connectivity index (χ3n) is 3.33. The normalized spacial score (nSPS) is 11.4. The van der Waals surface area contributed by atoms with E-state index in [0.29, 0.717) is 0 Å². The largest absolute Gasteiger partial charge is 0.160 e. The van der Waals surface area contributed by atoms with Gasteiger partial charge in [0, 0.05) is 6.20 Å². The average Bonchev–Trinajstić information content (AvgIpc) is 2.35. The molecule has 1 nitrogen and oxygen atoms in total. The molecule has 17 heavy (non-hydrogen) atoms. The fourth-order valence-electron chi connectivity index (χ4n) is 2.18. The van der Waals surface area contributed by atoms with Gasteiger partial charge in [-0.05, 0) is 12.8 Å². The van der Waals surface area contributed by atoms with Crippen molar-refractivity contribution in [3.05, 3.63) is 12.3 Å². The highest BCUT2D eigenvalue weighted by atomic mass is 14.5. The topological polar surface area (TPSA) is 22.3 Å². The maximum absolute atomic E-state index is 8.46. The van der Waals surface area contributed by atoms with Crippen LogP contribution in [0.4, 0.5) is 0 Å². The van der Waals surface area contributed by atoms with Crippen molar-refractivity contribution in [2.45, 2.75) is 90.4 Å². The molecule has 0 saturated heterocycles. The molecular formula is C16H31N. The zero-order valence-electron chi connectivity index (χ0n) is 11.8. The summed E-state index contributed by atoms with van der Waals surface area (Å²) < 4.78 is 0. The van der Waals surface area contributed by atoms with Gasteiger partial charge in [-0.15, -0.1) is 0 Å². The van der Waals surface area contributed by atoms with Crippen LogP contribution in [0.5, 0.6) is 0 Å². The summed E-state index contributed by atoms with van der Waals surface area (Å²) in [5, 5.41) is 0. The van der Waals surface area contributed by atoms with Crippen LogP contribution in [0.2, 0.25) is 0 Å². The zero-order valence-corrected chi connectivity index (χ0v) is 11.8. The molecule has 1 heteroatoms. The first-order valence-corrected chi connectivity index (χ1v) is 7.71. The van der Waals surface area contributed by atoms with E-state index in [4.69, 9.17) is 5.73 Å². The van der Waals surface area contributed by atoms with Crippen molar-refractivity contribution in [1.82, 2.24) is 5.73 Å². The van der Waals surface area contributed by atoms with Crippen molar-refractivity contribution >= 4 is 0 Å². The van der Waals surface area contributed by atoms with Gasteiger partial charge in [-0.3, -0.25) is 0 Å². The van der Waals surface area contributed by atoms with Gasteiger partial charge in [0.1, 0.15) is 0 Å². The second kappa shape index (κ2) is 15.5. The Balaban J connectivity index is 2.89. The monoisotopic (exact) mass is 237 g/mol. The van der Waals surface area contributed by atoms with Crippen LogP contribution in [0, 0.1) is 0 Å². The molecule has 0 spiro atoms. The summed E-state index contributed by atoms with van der Waals surface area (Å²) >= 11 is 0. The Kier molecular flexibility index (Phi) is 15.1. The fourth-order valence-corrected chi connectivity index (χ4v) is 2.18. The van der Waals surface area contributed by atoms with Gasteiger partial charge >= 0.3 is 0 Å². The number of rotatable bonds is 13. The predicted molar refractivity (Wildman–Crippen MR) is 77.0 cm³/mol. The van der Waals surface area contributed by atoms with Crippen LogP contribution >= 0.6 is 0 Å². The summed E-state index contributed by atoms with van der Waals surface area (Å²) in [4.78, 5) is 0. The maximum atomic E-state index is 8.46. The summed E-state index contributed by atoms with van der Waals surface area (Å²) in [6, 6.07) is 0. The van der Waals surface area contributed by atoms with Crippen molar-refractivity contribution in [3.8, 4) is 0 Å². The number of nitrogens with zero attached hydrogens (tertiary/aromatic N) is 1. The van der Waals surface area contributed by atoms with Crippen LogP contribution in [0.15, 0.2) is 12.3 Å². The number of allylic oxidation sites excluding steroid dienone is 1. The lowest BCUT2D eigenvalue weighted by atomic mass is 10.0. The molecule has 0 atom stereocenters. The van der Waals surface area contributed by atoms with Crippen LogP contribution in [0.3, 0.4) is 0 Å². The van der Waals surface area contributed by atoms with Crippen molar-refractivity contribution in [1.29, 1.82) is 0 Å². The lowest BCUT2D eigenvalue weighted by Gasteiger charge is -2.02. The van der Waals surface area contributed by atoms with E-state index >= 15 is 0 Å². The Morgan fingerprint density at radius 2 is 1.06 bits per heavy atom. The lowest BCUT2D eigenvalue weighted by molar-refractivity contribution is 0.545. The minimum Gasteiger partial charge on any atom is -0.160 e. The molecule has 0 saturated carbocycles. The van der Waals surface area contributed by atoms with Gasteiger partial charge in [0.2, 0.25) is 0 Å². The van der Waals surface area contributed by atoms with E-state index in [1.165, 1.54) is 83.2 Å². The molecule has 0 aromatic rings. The molecule has 0 aromatic carbocycles.